The van der Waals surface area contributed by atoms with Crippen LogP contribution in [0.4, 0.5) is 4.39 Å². The molecule has 9 heavy (non-hydrogen) atoms. The molecule has 0 saturated carbocycles. The van der Waals surface area contributed by atoms with Crippen molar-refractivity contribution in [1.82, 2.24) is 4.98 Å². The average Bonchev–Trinajstić information content (AvgIpc) is 1.89. The average molecular weight is 126 g/mol. The minimum Gasteiger partial charge on any atom is -0.492 e. The fourth-order valence-electron chi connectivity index (χ4n) is 0.473. The lowest BCUT2D eigenvalue weighted by Gasteiger charge is -1.96. The third-order valence-electron chi connectivity index (χ3n) is 0.890. The predicted molar refractivity (Wildman–Crippen MR) is 29.6 cm³/mol. The summed E-state index contributed by atoms with van der Waals surface area (Å²) >= 11 is 0. The number of hydrogen-bond acceptors (Lipinski definition) is 2. The zero-order chi connectivity index (χ0) is 6.69. The van der Waals surface area contributed by atoms with Gasteiger partial charge in [-0.3, -0.25) is 0 Å². The molecule has 1 aromatic heterocycles. The van der Waals surface area contributed by atoms with Crippen molar-refractivity contribution in [1.29, 1.82) is 0 Å². The summed E-state index contributed by atoms with van der Waals surface area (Å²) in [5.74, 6) is -0.478. The van der Waals surface area contributed by atoms with E-state index in [1.807, 2.05) is 0 Å². The van der Waals surface area contributed by atoms with Gasteiger partial charge in [-0.1, -0.05) is 0 Å². The van der Waals surface area contributed by atoms with E-state index < -0.39 is 5.95 Å². The normalized spacial score (nSPS) is 9.11. The summed E-state index contributed by atoms with van der Waals surface area (Å²) in [5.41, 5.74) is 0. The maximum absolute atomic E-state index is 12.3. The van der Waals surface area contributed by atoms with E-state index in [4.69, 9.17) is 0 Å². The van der Waals surface area contributed by atoms with E-state index in [2.05, 4.69) is 15.8 Å². The van der Waals surface area contributed by atoms with Gasteiger partial charge in [0.2, 0.25) is 0 Å². The van der Waals surface area contributed by atoms with E-state index >= 15 is 0 Å². The van der Waals surface area contributed by atoms with Crippen molar-refractivity contribution in [2.45, 2.75) is 0 Å². The summed E-state index contributed by atoms with van der Waals surface area (Å²) < 4.78 is 16.9. The number of halogens is 1. The Morgan fingerprint density at radius 2 is 2.56 bits per heavy atom. The Balaban J connectivity index is 3.01. The van der Waals surface area contributed by atoms with Gasteiger partial charge >= 0.3 is 0 Å². The van der Waals surface area contributed by atoms with Crippen molar-refractivity contribution in [3.05, 3.63) is 24.3 Å². The second-order valence-corrected chi connectivity index (χ2v) is 1.43. The van der Waals surface area contributed by atoms with E-state index in [0.29, 0.717) is 0 Å². The SMILES string of the molecule is COc1c[c]cnc1F. The maximum Gasteiger partial charge on any atom is 0.255 e. The molecule has 0 aromatic carbocycles. The third-order valence-corrected chi connectivity index (χ3v) is 0.890. The van der Waals surface area contributed by atoms with E-state index in [-0.39, 0.29) is 5.75 Å². The van der Waals surface area contributed by atoms with Crippen molar-refractivity contribution in [2.24, 2.45) is 0 Å². The molecule has 47 valence electrons. The number of aromatic nitrogens is 1. The van der Waals surface area contributed by atoms with Gasteiger partial charge in [0, 0.05) is 12.3 Å². The lowest BCUT2D eigenvalue weighted by Crippen LogP contribution is -1.89. The molecule has 1 rings (SSSR count). The number of methoxy groups -OCH3 is 1. The van der Waals surface area contributed by atoms with Crippen molar-refractivity contribution in [3.8, 4) is 5.75 Å². The molecule has 0 N–H and O–H groups in total. The monoisotopic (exact) mass is 126 g/mol. The van der Waals surface area contributed by atoms with Crippen LogP contribution in [0, 0.1) is 12.0 Å². The molecule has 0 aliphatic heterocycles. The second kappa shape index (κ2) is 2.44. The highest BCUT2D eigenvalue weighted by atomic mass is 19.1. The van der Waals surface area contributed by atoms with Crippen LogP contribution < -0.4 is 4.74 Å². The highest BCUT2D eigenvalue weighted by Crippen LogP contribution is 2.10. The molecule has 1 heterocycles. The molecule has 0 fully saturated rings. The first-order valence-corrected chi connectivity index (χ1v) is 2.40. The Labute approximate surface area is 52.3 Å². The molecular weight excluding hydrogens is 121 g/mol. The Morgan fingerprint density at radius 1 is 1.78 bits per heavy atom. The van der Waals surface area contributed by atoms with E-state index in [1.54, 1.807) is 0 Å². The predicted octanol–water partition coefficient (Wildman–Crippen LogP) is 1.03. The number of rotatable bonds is 1. The highest BCUT2D eigenvalue weighted by Gasteiger charge is 1.97. The lowest BCUT2D eigenvalue weighted by molar-refractivity contribution is 0.377. The van der Waals surface area contributed by atoms with Gasteiger partial charge in [0.1, 0.15) is 0 Å². The molecule has 0 saturated heterocycles. The molecule has 1 radical (unpaired) electrons. The van der Waals surface area contributed by atoms with Gasteiger partial charge in [0.15, 0.2) is 5.75 Å². The largest absolute Gasteiger partial charge is 0.492 e. The molecule has 0 aliphatic rings. The third kappa shape index (κ3) is 1.16. The molecule has 0 unspecified atom stereocenters. The fraction of sp³-hybridized carbons (Fsp3) is 0.167. The first-order valence-electron chi connectivity index (χ1n) is 2.40. The Kier molecular flexibility index (Phi) is 1.63. The Bertz CT molecular complexity index is 202. The standard InChI is InChI=1S/C6H5FNO/c1-9-5-3-2-4-8-6(5)7/h3-4H,1H3. The second-order valence-electron chi connectivity index (χ2n) is 1.43. The minimum atomic E-state index is -0.601. The smallest absolute Gasteiger partial charge is 0.255 e. The molecule has 3 heteroatoms. The molecule has 0 spiro atoms. The van der Waals surface area contributed by atoms with Gasteiger partial charge in [-0.25, -0.2) is 4.98 Å². The molecule has 1 aromatic rings. The number of nitrogens with zero attached hydrogens (tertiary/aromatic N) is 1. The first-order chi connectivity index (χ1) is 4.34. The van der Waals surface area contributed by atoms with Gasteiger partial charge in [-0.15, -0.1) is 0 Å². The Morgan fingerprint density at radius 3 is 3.00 bits per heavy atom. The van der Waals surface area contributed by atoms with Crippen LogP contribution in [-0.4, -0.2) is 12.1 Å². The summed E-state index contributed by atoms with van der Waals surface area (Å²) in [7, 11) is 1.38. The number of ether oxygens (including phenoxy) is 1. The molecule has 0 atom stereocenters. The van der Waals surface area contributed by atoms with Crippen LogP contribution in [0.3, 0.4) is 0 Å². The lowest BCUT2D eigenvalue weighted by atomic mass is 10.4. The van der Waals surface area contributed by atoms with E-state index in [0.717, 1.165) is 0 Å². The zero-order valence-electron chi connectivity index (χ0n) is 4.89. The summed E-state index contributed by atoms with van der Waals surface area (Å²) in [4.78, 5) is 3.30. The van der Waals surface area contributed by atoms with Crippen LogP contribution in [0.25, 0.3) is 0 Å². The van der Waals surface area contributed by atoms with Gasteiger partial charge in [0.25, 0.3) is 5.95 Å². The van der Waals surface area contributed by atoms with Crippen molar-refractivity contribution >= 4 is 0 Å². The van der Waals surface area contributed by atoms with Gasteiger partial charge in [0.05, 0.1) is 7.11 Å². The molecular formula is C6H5FNO. The molecule has 2 nitrogen and oxygen atoms in total. The minimum absolute atomic E-state index is 0.123. The highest BCUT2D eigenvalue weighted by molar-refractivity contribution is 5.16. The summed E-state index contributed by atoms with van der Waals surface area (Å²) in [5, 5.41) is 0. The quantitative estimate of drug-likeness (QED) is 0.524. The van der Waals surface area contributed by atoms with Gasteiger partial charge in [-0.2, -0.15) is 4.39 Å². The van der Waals surface area contributed by atoms with Crippen molar-refractivity contribution in [3.63, 3.8) is 0 Å². The van der Waals surface area contributed by atoms with Crippen LogP contribution in [0.2, 0.25) is 0 Å². The topological polar surface area (TPSA) is 22.1 Å². The fourth-order valence-corrected chi connectivity index (χ4v) is 0.473. The summed E-state index contributed by atoms with van der Waals surface area (Å²) in [6.07, 6.45) is 1.25. The Hall–Kier alpha value is -1.12. The number of hydrogen-bond donors (Lipinski definition) is 0. The van der Waals surface area contributed by atoms with Crippen molar-refractivity contribution in [2.75, 3.05) is 7.11 Å². The summed E-state index contributed by atoms with van der Waals surface area (Å²) in [6.45, 7) is 0. The van der Waals surface area contributed by atoms with Crippen LogP contribution in [0.1, 0.15) is 0 Å². The molecule has 0 bridgehead atoms. The van der Waals surface area contributed by atoms with Crippen LogP contribution >= 0.6 is 0 Å². The van der Waals surface area contributed by atoms with Crippen molar-refractivity contribution < 1.29 is 9.13 Å². The number of pyridine rings is 1. The molecule has 0 amide bonds. The zero-order valence-corrected chi connectivity index (χ0v) is 4.89. The van der Waals surface area contributed by atoms with Crippen LogP contribution in [0.5, 0.6) is 5.75 Å². The van der Waals surface area contributed by atoms with E-state index in [9.17, 15) is 4.39 Å². The van der Waals surface area contributed by atoms with Crippen LogP contribution in [-0.2, 0) is 0 Å². The molecule has 0 aliphatic carbocycles. The van der Waals surface area contributed by atoms with Gasteiger partial charge < -0.3 is 4.74 Å². The van der Waals surface area contributed by atoms with Crippen LogP contribution in [0.15, 0.2) is 12.3 Å². The van der Waals surface area contributed by atoms with E-state index in [1.165, 1.54) is 19.4 Å². The maximum atomic E-state index is 12.3. The summed E-state index contributed by atoms with van der Waals surface area (Å²) in [6, 6.07) is 3.97. The first kappa shape index (κ1) is 6.01. The van der Waals surface area contributed by atoms with Gasteiger partial charge in [-0.05, 0) is 6.07 Å².